The third-order valence-electron chi connectivity index (χ3n) is 4.67. The molecule has 3 N–H and O–H groups in total. The number of hydrogen-bond acceptors (Lipinski definition) is 5. The van der Waals surface area contributed by atoms with Crippen LogP contribution in [0, 0.1) is 0 Å². The van der Waals surface area contributed by atoms with Gasteiger partial charge < -0.3 is 25.0 Å². The van der Waals surface area contributed by atoms with Crippen LogP contribution in [0.3, 0.4) is 0 Å². The van der Waals surface area contributed by atoms with Gasteiger partial charge in [0.05, 0.1) is 17.3 Å². The van der Waals surface area contributed by atoms with E-state index in [0.29, 0.717) is 22.6 Å². The zero-order valence-corrected chi connectivity index (χ0v) is 13.0. The molecule has 1 aliphatic heterocycles. The van der Waals surface area contributed by atoms with Gasteiger partial charge in [0.25, 0.3) is 5.92 Å². The molecular weight excluding hydrogens is 320 g/mol. The van der Waals surface area contributed by atoms with Gasteiger partial charge in [0.15, 0.2) is 5.65 Å². The van der Waals surface area contributed by atoms with Gasteiger partial charge in [0.2, 0.25) is 12.3 Å². The van der Waals surface area contributed by atoms with Crippen LogP contribution in [-0.2, 0) is 11.3 Å². The number of carbonyl (C=O) groups is 1. The molecule has 2 aliphatic rings. The first-order valence-electron chi connectivity index (χ1n) is 7.61. The van der Waals surface area contributed by atoms with E-state index in [2.05, 4.69) is 4.98 Å². The van der Waals surface area contributed by atoms with Crippen molar-refractivity contribution < 1.29 is 18.7 Å². The molecule has 2 aromatic heterocycles. The average molecular weight is 337 g/mol. The largest absolute Gasteiger partial charge is 0.356 e. The molecule has 0 aromatic carbocycles. The lowest BCUT2D eigenvalue weighted by molar-refractivity contribution is -0.130. The molecule has 0 spiro atoms. The average Bonchev–Trinajstić information content (AvgIpc) is 2.90. The first-order chi connectivity index (χ1) is 11.3. The van der Waals surface area contributed by atoms with E-state index in [1.807, 2.05) is 0 Å². The number of hydrogen-bond donors (Lipinski definition) is 2. The molecule has 9 heteroatoms. The summed E-state index contributed by atoms with van der Waals surface area (Å²) < 4.78 is 28.6. The van der Waals surface area contributed by atoms with E-state index in [1.54, 1.807) is 22.9 Å². The Balaban J connectivity index is 1.86. The third kappa shape index (κ3) is 2.15. The van der Waals surface area contributed by atoms with Gasteiger partial charge in [0.1, 0.15) is 6.54 Å². The highest BCUT2D eigenvalue weighted by molar-refractivity contribution is 5.87. The molecule has 2 atom stereocenters. The van der Waals surface area contributed by atoms with Crippen LogP contribution < -0.4 is 10.6 Å². The number of nitrogens with two attached hydrogens (primary N) is 1. The smallest absolute Gasteiger partial charge is 0.255 e. The number of nitrogens with zero attached hydrogens (tertiary/aromatic N) is 4. The van der Waals surface area contributed by atoms with Crippen molar-refractivity contribution in [1.82, 2.24) is 14.3 Å². The normalized spacial score (nSPS) is 25.8. The van der Waals surface area contributed by atoms with Crippen LogP contribution in [0.25, 0.3) is 5.65 Å². The highest BCUT2D eigenvalue weighted by atomic mass is 19.3. The number of aliphatic hydroxyl groups is 1. The molecule has 128 valence electrons. The second kappa shape index (κ2) is 4.87. The van der Waals surface area contributed by atoms with Crippen molar-refractivity contribution in [3.05, 3.63) is 29.7 Å². The fourth-order valence-electron chi connectivity index (χ4n) is 3.11. The molecule has 0 radical (unpaired) electrons. The number of rotatable bonds is 3. The van der Waals surface area contributed by atoms with Crippen molar-refractivity contribution in [3.63, 3.8) is 0 Å². The molecule has 7 nitrogen and oxygen atoms in total. The summed E-state index contributed by atoms with van der Waals surface area (Å²) in [4.78, 5) is 18.9. The molecular formula is C15H17F2N5O2. The Kier molecular flexibility index (Phi) is 3.10. The summed E-state index contributed by atoms with van der Waals surface area (Å²) in [6.07, 6.45) is 1.94. The summed E-state index contributed by atoms with van der Waals surface area (Å²) in [5.74, 6) is -3.82. The zero-order chi connectivity index (χ0) is 17.2. The first kappa shape index (κ1) is 15.3. The lowest BCUT2D eigenvalue weighted by Crippen LogP contribution is -2.37. The summed E-state index contributed by atoms with van der Waals surface area (Å²) in [6, 6.07) is 1.59. The molecule has 24 heavy (non-hydrogen) atoms. The number of aliphatic hydroxyl groups excluding tert-OH is 1. The fourth-order valence-corrected chi connectivity index (χ4v) is 3.11. The molecule has 1 saturated heterocycles. The summed E-state index contributed by atoms with van der Waals surface area (Å²) in [5, 5.41) is 10.3. The number of halogens is 2. The van der Waals surface area contributed by atoms with Crippen molar-refractivity contribution in [2.24, 2.45) is 5.73 Å². The fraction of sp³-hybridized carbons (Fsp3) is 0.467. The van der Waals surface area contributed by atoms with Crippen LogP contribution in [0.4, 0.5) is 14.5 Å². The number of fused-ring (bicyclic) bond motifs is 1. The van der Waals surface area contributed by atoms with E-state index in [0.717, 1.165) is 0 Å². The standard InChI is InChI=1S/C15H17F2N5O2/c1-20-12(23)7-22(14(20)24)11-2-8(10-3-15(10,16)17)5-21-6-9(4-18)19-13(11)21/h2,5-6,10,14,24H,3-4,7,18H2,1H3. The third-order valence-corrected chi connectivity index (χ3v) is 4.67. The van der Waals surface area contributed by atoms with E-state index in [9.17, 15) is 18.7 Å². The molecule has 2 fully saturated rings. The predicted molar refractivity (Wildman–Crippen MR) is 81.5 cm³/mol. The minimum atomic E-state index is -2.71. The van der Waals surface area contributed by atoms with Crippen LogP contribution in [0.1, 0.15) is 23.6 Å². The SMILES string of the molecule is CN1C(=O)CN(c2cc(C3CC3(F)F)cn3cc(CN)nc23)C1O. The quantitative estimate of drug-likeness (QED) is 0.850. The predicted octanol–water partition coefficient (Wildman–Crippen LogP) is 0.470. The number of alkyl halides is 2. The van der Waals surface area contributed by atoms with Crippen LogP contribution >= 0.6 is 0 Å². The van der Waals surface area contributed by atoms with Crippen LogP contribution in [0.2, 0.25) is 0 Å². The number of imidazole rings is 1. The molecule has 0 bridgehead atoms. The van der Waals surface area contributed by atoms with E-state index in [1.165, 1.54) is 16.8 Å². The maximum atomic E-state index is 13.5. The number of anilines is 1. The first-order valence-corrected chi connectivity index (χ1v) is 7.61. The molecule has 1 saturated carbocycles. The molecule has 3 heterocycles. The summed E-state index contributed by atoms with van der Waals surface area (Å²) in [7, 11) is 1.49. The summed E-state index contributed by atoms with van der Waals surface area (Å²) >= 11 is 0. The van der Waals surface area contributed by atoms with Crippen molar-refractivity contribution in [1.29, 1.82) is 0 Å². The Labute approximate surface area is 136 Å². The number of pyridine rings is 1. The Bertz CT molecular complexity index is 837. The van der Waals surface area contributed by atoms with E-state index in [4.69, 9.17) is 5.73 Å². The summed E-state index contributed by atoms with van der Waals surface area (Å²) in [5.41, 5.74) is 7.60. The molecule has 2 unspecified atom stereocenters. The van der Waals surface area contributed by atoms with Crippen LogP contribution in [0.5, 0.6) is 0 Å². The Morgan fingerprint density at radius 2 is 2.17 bits per heavy atom. The highest BCUT2D eigenvalue weighted by Gasteiger charge is 2.58. The maximum absolute atomic E-state index is 13.5. The topological polar surface area (TPSA) is 87.1 Å². The van der Waals surface area contributed by atoms with Crippen LogP contribution in [0.15, 0.2) is 18.5 Å². The second-order valence-corrected chi connectivity index (χ2v) is 6.32. The van der Waals surface area contributed by atoms with Crippen molar-refractivity contribution in [3.8, 4) is 0 Å². The van der Waals surface area contributed by atoms with Gasteiger partial charge >= 0.3 is 0 Å². The van der Waals surface area contributed by atoms with Gasteiger partial charge in [-0.05, 0) is 11.6 Å². The molecule has 2 aromatic rings. The lowest BCUT2D eigenvalue weighted by Gasteiger charge is -2.24. The maximum Gasteiger partial charge on any atom is 0.255 e. The van der Waals surface area contributed by atoms with E-state index < -0.39 is 18.2 Å². The minimum Gasteiger partial charge on any atom is -0.356 e. The van der Waals surface area contributed by atoms with Crippen molar-refractivity contribution >= 4 is 17.2 Å². The van der Waals surface area contributed by atoms with Gasteiger partial charge in [-0.3, -0.25) is 4.79 Å². The molecule has 1 aliphatic carbocycles. The van der Waals surface area contributed by atoms with Crippen LogP contribution in [-0.4, -0.2) is 51.2 Å². The molecule has 4 rings (SSSR count). The number of amides is 1. The van der Waals surface area contributed by atoms with Gasteiger partial charge in [-0.2, -0.15) is 0 Å². The number of carbonyl (C=O) groups excluding carboxylic acids is 1. The Morgan fingerprint density at radius 1 is 1.46 bits per heavy atom. The zero-order valence-electron chi connectivity index (χ0n) is 13.0. The lowest BCUT2D eigenvalue weighted by atomic mass is 10.1. The van der Waals surface area contributed by atoms with Gasteiger partial charge in [-0.1, -0.05) is 0 Å². The summed E-state index contributed by atoms with van der Waals surface area (Å²) in [6.45, 7) is 0.167. The van der Waals surface area contributed by atoms with Gasteiger partial charge in [-0.25, -0.2) is 13.8 Å². The second-order valence-electron chi connectivity index (χ2n) is 6.32. The van der Waals surface area contributed by atoms with E-state index >= 15 is 0 Å². The van der Waals surface area contributed by atoms with Crippen molar-refractivity contribution in [2.45, 2.75) is 31.2 Å². The minimum absolute atomic E-state index is 0.0390. The molecule has 1 amide bonds. The van der Waals surface area contributed by atoms with Crippen molar-refractivity contribution in [2.75, 3.05) is 18.5 Å². The van der Waals surface area contributed by atoms with E-state index in [-0.39, 0.29) is 25.4 Å². The number of aromatic nitrogens is 2. The number of likely N-dealkylation sites (N-methyl/N-ethyl adjacent to an activating group) is 1. The highest BCUT2D eigenvalue weighted by Crippen LogP contribution is 2.56. The van der Waals surface area contributed by atoms with Gasteiger partial charge in [-0.15, -0.1) is 0 Å². The van der Waals surface area contributed by atoms with Gasteiger partial charge in [0, 0.05) is 32.4 Å². The Hall–Kier alpha value is -2.26. The monoisotopic (exact) mass is 337 g/mol. The Morgan fingerprint density at radius 3 is 2.71 bits per heavy atom.